The Balaban J connectivity index is 1.89. The van der Waals surface area contributed by atoms with E-state index in [0.717, 1.165) is 35.9 Å². The van der Waals surface area contributed by atoms with E-state index in [0.29, 0.717) is 6.61 Å². The second-order valence-corrected chi connectivity index (χ2v) is 6.09. The summed E-state index contributed by atoms with van der Waals surface area (Å²) in [5.74, 6) is 1.96. The average molecular weight is 311 g/mol. The van der Waals surface area contributed by atoms with Crippen molar-refractivity contribution in [2.45, 2.75) is 13.3 Å². The number of fused-ring (bicyclic) bond motifs is 1. The van der Waals surface area contributed by atoms with Crippen LogP contribution in [-0.4, -0.2) is 22.9 Å². The predicted molar refractivity (Wildman–Crippen MR) is 90.2 cm³/mol. The molecule has 0 amide bonds. The lowest BCUT2D eigenvalue weighted by molar-refractivity contribution is 0.338. The first kappa shape index (κ1) is 13.4. The molecule has 4 rings (SSSR count). The fourth-order valence-corrected chi connectivity index (χ4v) is 3.61. The molecule has 0 bridgehead atoms. The van der Waals surface area contributed by atoms with Crippen molar-refractivity contribution in [1.82, 2.24) is 9.78 Å². The molecule has 0 saturated carbocycles. The highest BCUT2D eigenvalue weighted by Gasteiger charge is 2.25. The summed E-state index contributed by atoms with van der Waals surface area (Å²) in [7, 11) is 0. The van der Waals surface area contributed by atoms with Gasteiger partial charge in [-0.05, 0) is 36.9 Å². The number of benzene rings is 1. The van der Waals surface area contributed by atoms with Crippen LogP contribution < -0.4 is 10.1 Å². The van der Waals surface area contributed by atoms with E-state index in [-0.39, 0.29) is 0 Å². The minimum Gasteiger partial charge on any atom is -0.492 e. The van der Waals surface area contributed by atoms with E-state index in [1.165, 1.54) is 10.4 Å². The second kappa shape index (κ2) is 5.50. The number of nitrogens with zero attached hydrogens (tertiary/aromatic N) is 2. The van der Waals surface area contributed by atoms with E-state index < -0.39 is 0 Å². The quantitative estimate of drug-likeness (QED) is 0.792. The minimum absolute atomic E-state index is 0.645. The van der Waals surface area contributed by atoms with Crippen LogP contribution in [0.2, 0.25) is 0 Å². The zero-order valence-electron chi connectivity index (χ0n) is 12.4. The Morgan fingerprint density at radius 1 is 1.27 bits per heavy atom. The van der Waals surface area contributed by atoms with Crippen molar-refractivity contribution in [2.24, 2.45) is 0 Å². The highest BCUT2D eigenvalue weighted by molar-refractivity contribution is 7.13. The molecule has 0 saturated heterocycles. The van der Waals surface area contributed by atoms with Gasteiger partial charge in [0.05, 0.1) is 11.5 Å². The highest BCUT2D eigenvalue weighted by atomic mass is 32.1. The van der Waals surface area contributed by atoms with E-state index in [4.69, 9.17) is 9.84 Å². The van der Waals surface area contributed by atoms with Crippen LogP contribution in [0.3, 0.4) is 0 Å². The topological polar surface area (TPSA) is 39.1 Å². The fourth-order valence-electron chi connectivity index (χ4n) is 2.87. The van der Waals surface area contributed by atoms with Gasteiger partial charge in [-0.25, -0.2) is 4.68 Å². The summed E-state index contributed by atoms with van der Waals surface area (Å²) in [5, 5.41) is 10.4. The number of para-hydroxylation sites is 2. The van der Waals surface area contributed by atoms with E-state index in [2.05, 4.69) is 28.9 Å². The first-order valence-corrected chi connectivity index (χ1v) is 8.38. The molecule has 0 atom stereocenters. The van der Waals surface area contributed by atoms with Gasteiger partial charge in [0, 0.05) is 12.1 Å². The summed E-state index contributed by atoms with van der Waals surface area (Å²) >= 11 is 1.73. The van der Waals surface area contributed by atoms with Crippen molar-refractivity contribution in [1.29, 1.82) is 0 Å². The number of thiophene rings is 1. The Morgan fingerprint density at radius 3 is 3.00 bits per heavy atom. The molecule has 22 heavy (non-hydrogen) atoms. The normalized spacial score (nSPS) is 13.0. The van der Waals surface area contributed by atoms with Crippen LogP contribution in [0, 0.1) is 0 Å². The third-order valence-corrected chi connectivity index (χ3v) is 4.68. The molecule has 5 heteroatoms. The van der Waals surface area contributed by atoms with Crippen LogP contribution >= 0.6 is 11.3 Å². The number of anilines is 1. The molecule has 0 aliphatic carbocycles. The van der Waals surface area contributed by atoms with Crippen LogP contribution in [0.1, 0.15) is 12.5 Å². The summed E-state index contributed by atoms with van der Waals surface area (Å²) in [6.07, 6.45) is 1.01. The van der Waals surface area contributed by atoms with E-state index >= 15 is 0 Å². The Labute approximate surface area is 133 Å². The molecule has 1 N–H and O–H groups in total. The van der Waals surface area contributed by atoms with Crippen LogP contribution in [0.4, 0.5) is 5.82 Å². The molecule has 0 fully saturated rings. The summed E-state index contributed by atoms with van der Waals surface area (Å²) in [5.41, 5.74) is 3.37. The van der Waals surface area contributed by atoms with Gasteiger partial charge in [0.25, 0.3) is 0 Å². The largest absolute Gasteiger partial charge is 0.492 e. The summed E-state index contributed by atoms with van der Waals surface area (Å²) in [4.78, 5) is 1.22. The van der Waals surface area contributed by atoms with Gasteiger partial charge in [-0.15, -0.1) is 11.3 Å². The average Bonchev–Trinajstić information content (AvgIpc) is 3.25. The Hall–Kier alpha value is -2.27. The zero-order valence-corrected chi connectivity index (χ0v) is 13.2. The minimum atomic E-state index is 0.645. The van der Waals surface area contributed by atoms with Crippen LogP contribution in [-0.2, 0) is 6.42 Å². The number of ether oxygens (including phenoxy) is 1. The number of nitrogens with one attached hydrogen (secondary N) is 1. The van der Waals surface area contributed by atoms with Crippen molar-refractivity contribution in [3.8, 4) is 22.0 Å². The molecule has 0 radical (unpaired) electrons. The molecule has 1 aromatic carbocycles. The second-order valence-electron chi connectivity index (χ2n) is 5.14. The number of aromatic nitrogens is 2. The maximum atomic E-state index is 5.77. The molecule has 1 aliphatic heterocycles. The molecular formula is C17H17N3OS. The highest BCUT2D eigenvalue weighted by Crippen LogP contribution is 2.37. The van der Waals surface area contributed by atoms with Gasteiger partial charge in [0.2, 0.25) is 0 Å². The van der Waals surface area contributed by atoms with Gasteiger partial charge in [-0.2, -0.15) is 5.10 Å². The lowest BCUT2D eigenvalue weighted by Gasteiger charge is -2.12. The SMILES string of the molecule is CCOc1ccccc1-n1nc(-c2cccs2)c2c1NCC2. The molecule has 2 aromatic heterocycles. The Morgan fingerprint density at radius 2 is 2.18 bits per heavy atom. The van der Waals surface area contributed by atoms with Crippen molar-refractivity contribution in [2.75, 3.05) is 18.5 Å². The Bertz CT molecular complexity index is 792. The van der Waals surface area contributed by atoms with Crippen LogP contribution in [0.5, 0.6) is 5.75 Å². The molecule has 3 heterocycles. The molecule has 112 valence electrons. The zero-order chi connectivity index (χ0) is 14.9. The third-order valence-electron chi connectivity index (χ3n) is 3.80. The van der Waals surface area contributed by atoms with Crippen LogP contribution in [0.25, 0.3) is 16.3 Å². The molecule has 0 unspecified atom stereocenters. The van der Waals surface area contributed by atoms with Crippen molar-refractivity contribution in [3.63, 3.8) is 0 Å². The number of hydrogen-bond donors (Lipinski definition) is 1. The number of rotatable bonds is 4. The summed E-state index contributed by atoms with van der Waals surface area (Å²) in [6, 6.07) is 12.3. The molecule has 4 nitrogen and oxygen atoms in total. The fraction of sp³-hybridized carbons (Fsp3) is 0.235. The van der Waals surface area contributed by atoms with Gasteiger partial charge < -0.3 is 10.1 Å². The van der Waals surface area contributed by atoms with Gasteiger partial charge >= 0.3 is 0 Å². The smallest absolute Gasteiger partial charge is 0.145 e. The standard InChI is InChI=1S/C17H17N3OS/c1-2-21-14-7-4-3-6-13(14)20-17-12(9-10-18-17)16(19-20)15-8-5-11-22-15/h3-8,11,18H,2,9-10H2,1H3. The van der Waals surface area contributed by atoms with E-state index in [9.17, 15) is 0 Å². The Kier molecular flexibility index (Phi) is 3.35. The van der Waals surface area contributed by atoms with E-state index in [1.54, 1.807) is 11.3 Å². The molecule has 0 spiro atoms. The van der Waals surface area contributed by atoms with Gasteiger partial charge in [-0.1, -0.05) is 18.2 Å². The van der Waals surface area contributed by atoms with Crippen molar-refractivity contribution in [3.05, 3.63) is 47.3 Å². The van der Waals surface area contributed by atoms with Crippen molar-refractivity contribution < 1.29 is 4.74 Å². The first-order valence-electron chi connectivity index (χ1n) is 7.50. The summed E-state index contributed by atoms with van der Waals surface area (Å²) < 4.78 is 7.75. The monoisotopic (exact) mass is 311 g/mol. The number of hydrogen-bond acceptors (Lipinski definition) is 4. The lowest BCUT2D eigenvalue weighted by Crippen LogP contribution is -2.06. The molecule has 1 aliphatic rings. The van der Waals surface area contributed by atoms with Gasteiger partial charge in [0.15, 0.2) is 0 Å². The molecular weight excluding hydrogens is 294 g/mol. The first-order chi connectivity index (χ1) is 10.9. The van der Waals surface area contributed by atoms with E-state index in [1.807, 2.05) is 29.8 Å². The molecule has 3 aromatic rings. The summed E-state index contributed by atoms with van der Waals surface area (Å²) in [6.45, 7) is 3.60. The third kappa shape index (κ3) is 2.09. The van der Waals surface area contributed by atoms with Gasteiger partial charge in [-0.3, -0.25) is 0 Å². The predicted octanol–water partition coefficient (Wildman–Crippen LogP) is 3.97. The lowest BCUT2D eigenvalue weighted by atomic mass is 10.2. The van der Waals surface area contributed by atoms with Crippen molar-refractivity contribution >= 4 is 17.2 Å². The van der Waals surface area contributed by atoms with Crippen LogP contribution in [0.15, 0.2) is 41.8 Å². The maximum absolute atomic E-state index is 5.77. The van der Waals surface area contributed by atoms with Gasteiger partial charge in [0.1, 0.15) is 22.9 Å². The maximum Gasteiger partial charge on any atom is 0.145 e.